The van der Waals surface area contributed by atoms with E-state index in [1.165, 1.54) is 18.2 Å². The molecule has 1 aliphatic rings. The van der Waals surface area contributed by atoms with Crippen molar-refractivity contribution in [3.8, 4) is 0 Å². The quantitative estimate of drug-likeness (QED) is 0.690. The standard InChI is InChI=1S/C25H33N3O3/c1-4-19(2)22(24(29)31-3)26-25(30)28-17-15-27(16-18-28)23(20-11-7-5-8-12-20)21-13-9-6-10-14-21/h5-14,19,22-23H,4,15-18H2,1-3H3,(H,26,30)/t19-,22+/m1/s1. The van der Waals surface area contributed by atoms with Crippen LogP contribution in [-0.4, -0.2) is 61.1 Å². The largest absolute Gasteiger partial charge is 0.467 e. The van der Waals surface area contributed by atoms with E-state index in [2.05, 4.69) is 58.7 Å². The molecule has 6 heteroatoms. The third-order valence-electron chi connectivity index (χ3n) is 6.14. The first kappa shape index (κ1) is 22.8. The van der Waals surface area contributed by atoms with Crippen LogP contribution in [-0.2, 0) is 9.53 Å². The molecule has 0 saturated carbocycles. The van der Waals surface area contributed by atoms with Crippen molar-refractivity contribution in [2.24, 2.45) is 5.92 Å². The summed E-state index contributed by atoms with van der Waals surface area (Å²) >= 11 is 0. The van der Waals surface area contributed by atoms with Gasteiger partial charge >= 0.3 is 12.0 Å². The predicted molar refractivity (Wildman–Crippen MR) is 122 cm³/mol. The summed E-state index contributed by atoms with van der Waals surface area (Å²) in [5.74, 6) is -0.382. The van der Waals surface area contributed by atoms with E-state index < -0.39 is 12.0 Å². The lowest BCUT2D eigenvalue weighted by Gasteiger charge is -2.40. The summed E-state index contributed by atoms with van der Waals surface area (Å²) in [7, 11) is 1.36. The zero-order valence-corrected chi connectivity index (χ0v) is 18.7. The van der Waals surface area contributed by atoms with Crippen LogP contribution in [0.25, 0.3) is 0 Å². The van der Waals surface area contributed by atoms with Crippen molar-refractivity contribution in [3.63, 3.8) is 0 Å². The number of hydrogen-bond donors (Lipinski definition) is 1. The Balaban J connectivity index is 1.68. The highest BCUT2D eigenvalue weighted by atomic mass is 16.5. The van der Waals surface area contributed by atoms with Crippen LogP contribution in [0.4, 0.5) is 4.79 Å². The number of amides is 2. The maximum Gasteiger partial charge on any atom is 0.328 e. The summed E-state index contributed by atoms with van der Waals surface area (Å²) in [5, 5.41) is 2.89. The number of methoxy groups -OCH3 is 1. The molecule has 2 aromatic carbocycles. The highest BCUT2D eigenvalue weighted by molar-refractivity contribution is 5.83. The Labute approximate surface area is 185 Å². The van der Waals surface area contributed by atoms with Crippen molar-refractivity contribution in [1.82, 2.24) is 15.1 Å². The number of piperazine rings is 1. The molecule has 0 unspecified atom stereocenters. The minimum absolute atomic E-state index is 0.0123. The van der Waals surface area contributed by atoms with Gasteiger partial charge in [-0.15, -0.1) is 0 Å². The van der Waals surface area contributed by atoms with Crippen LogP contribution < -0.4 is 5.32 Å². The molecule has 2 atom stereocenters. The lowest BCUT2D eigenvalue weighted by Crippen LogP contribution is -2.56. The zero-order chi connectivity index (χ0) is 22.2. The van der Waals surface area contributed by atoms with Crippen molar-refractivity contribution in [3.05, 3.63) is 71.8 Å². The van der Waals surface area contributed by atoms with Crippen LogP contribution in [0.3, 0.4) is 0 Å². The lowest BCUT2D eigenvalue weighted by molar-refractivity contribution is -0.144. The van der Waals surface area contributed by atoms with Gasteiger partial charge in [-0.1, -0.05) is 80.9 Å². The fourth-order valence-electron chi connectivity index (χ4n) is 4.09. The fourth-order valence-corrected chi connectivity index (χ4v) is 4.09. The molecule has 1 saturated heterocycles. The lowest BCUT2D eigenvalue weighted by atomic mass is 9.96. The molecule has 2 amide bonds. The second kappa shape index (κ2) is 11.0. The number of urea groups is 1. The number of ether oxygens (including phenoxy) is 1. The number of nitrogens with zero attached hydrogens (tertiary/aromatic N) is 2. The van der Waals surface area contributed by atoms with Crippen LogP contribution >= 0.6 is 0 Å². The van der Waals surface area contributed by atoms with Crippen molar-refractivity contribution >= 4 is 12.0 Å². The second-order valence-corrected chi connectivity index (χ2v) is 8.08. The summed E-state index contributed by atoms with van der Waals surface area (Å²) < 4.78 is 4.89. The highest BCUT2D eigenvalue weighted by Gasteiger charge is 2.31. The molecule has 2 aromatic rings. The van der Waals surface area contributed by atoms with Crippen LogP contribution in [0, 0.1) is 5.92 Å². The van der Waals surface area contributed by atoms with E-state index in [-0.39, 0.29) is 18.0 Å². The Morgan fingerprint density at radius 2 is 1.45 bits per heavy atom. The summed E-state index contributed by atoms with van der Waals surface area (Å²) in [6.45, 7) is 6.68. The second-order valence-electron chi connectivity index (χ2n) is 8.08. The van der Waals surface area contributed by atoms with Gasteiger partial charge in [0.2, 0.25) is 0 Å². The van der Waals surface area contributed by atoms with Gasteiger partial charge in [-0.05, 0) is 17.0 Å². The molecule has 6 nitrogen and oxygen atoms in total. The Morgan fingerprint density at radius 3 is 1.90 bits per heavy atom. The van der Waals surface area contributed by atoms with Crippen LogP contribution in [0.15, 0.2) is 60.7 Å². The van der Waals surface area contributed by atoms with Crippen molar-refractivity contribution in [2.75, 3.05) is 33.3 Å². The average molecular weight is 424 g/mol. The van der Waals surface area contributed by atoms with Crippen molar-refractivity contribution in [1.29, 1.82) is 0 Å². The molecule has 0 aromatic heterocycles. The van der Waals surface area contributed by atoms with Gasteiger partial charge in [0, 0.05) is 26.2 Å². The van der Waals surface area contributed by atoms with Gasteiger partial charge in [0.1, 0.15) is 6.04 Å². The van der Waals surface area contributed by atoms with Crippen LogP contribution in [0.1, 0.15) is 37.4 Å². The van der Waals surface area contributed by atoms with Gasteiger partial charge < -0.3 is 15.0 Å². The number of rotatable bonds is 7. The molecule has 166 valence electrons. The molecule has 1 aliphatic heterocycles. The van der Waals surface area contributed by atoms with E-state index in [0.717, 1.165) is 19.5 Å². The summed E-state index contributed by atoms with van der Waals surface area (Å²) in [6, 6.07) is 20.3. The van der Waals surface area contributed by atoms with Gasteiger partial charge in [-0.2, -0.15) is 0 Å². The SMILES string of the molecule is CC[C@@H](C)[C@H](NC(=O)N1CCN(C(c2ccccc2)c2ccccc2)CC1)C(=O)OC. The van der Waals surface area contributed by atoms with Crippen LogP contribution in [0.5, 0.6) is 0 Å². The number of carbonyl (C=O) groups excluding carboxylic acids is 2. The van der Waals surface area contributed by atoms with E-state index in [0.29, 0.717) is 13.1 Å². The maximum atomic E-state index is 12.9. The normalized spacial score (nSPS) is 16.6. The Hall–Kier alpha value is -2.86. The van der Waals surface area contributed by atoms with E-state index in [9.17, 15) is 9.59 Å². The minimum Gasteiger partial charge on any atom is -0.467 e. The molecular formula is C25H33N3O3. The first-order valence-electron chi connectivity index (χ1n) is 11.0. The molecule has 1 N–H and O–H groups in total. The zero-order valence-electron chi connectivity index (χ0n) is 18.7. The molecule has 0 bridgehead atoms. The summed E-state index contributed by atoms with van der Waals surface area (Å²) in [6.07, 6.45) is 0.781. The third kappa shape index (κ3) is 5.64. The smallest absolute Gasteiger partial charge is 0.328 e. The molecule has 3 rings (SSSR count). The summed E-state index contributed by atoms with van der Waals surface area (Å²) in [4.78, 5) is 29.2. The molecule has 0 aliphatic carbocycles. The van der Waals surface area contributed by atoms with Gasteiger partial charge in [-0.3, -0.25) is 4.90 Å². The number of hydrogen-bond acceptors (Lipinski definition) is 4. The molecule has 31 heavy (non-hydrogen) atoms. The van der Waals surface area contributed by atoms with E-state index in [1.807, 2.05) is 26.0 Å². The fraction of sp³-hybridized carbons (Fsp3) is 0.440. The Morgan fingerprint density at radius 1 is 0.935 bits per heavy atom. The number of carbonyl (C=O) groups is 2. The molecule has 1 fully saturated rings. The highest BCUT2D eigenvalue weighted by Crippen LogP contribution is 2.29. The maximum absolute atomic E-state index is 12.9. The van der Waals surface area contributed by atoms with Gasteiger partial charge in [-0.25, -0.2) is 9.59 Å². The first-order chi connectivity index (χ1) is 15.0. The van der Waals surface area contributed by atoms with Gasteiger partial charge in [0.15, 0.2) is 0 Å². The van der Waals surface area contributed by atoms with Gasteiger partial charge in [0.25, 0.3) is 0 Å². The molecule has 0 spiro atoms. The van der Waals surface area contributed by atoms with E-state index >= 15 is 0 Å². The predicted octanol–water partition coefficient (Wildman–Crippen LogP) is 3.69. The molecule has 0 radical (unpaired) electrons. The van der Waals surface area contributed by atoms with Crippen molar-refractivity contribution < 1.29 is 14.3 Å². The third-order valence-corrected chi connectivity index (χ3v) is 6.14. The van der Waals surface area contributed by atoms with E-state index in [4.69, 9.17) is 4.74 Å². The summed E-state index contributed by atoms with van der Waals surface area (Å²) in [5.41, 5.74) is 2.49. The topological polar surface area (TPSA) is 61.9 Å². The van der Waals surface area contributed by atoms with Crippen molar-refractivity contribution in [2.45, 2.75) is 32.4 Å². The number of esters is 1. The average Bonchev–Trinajstić information content (AvgIpc) is 2.83. The number of nitrogens with one attached hydrogen (secondary N) is 1. The first-order valence-corrected chi connectivity index (χ1v) is 11.0. The minimum atomic E-state index is -0.623. The van der Waals surface area contributed by atoms with Gasteiger partial charge in [0.05, 0.1) is 13.2 Å². The Kier molecular flexibility index (Phi) is 8.06. The molecular weight excluding hydrogens is 390 g/mol. The monoisotopic (exact) mass is 423 g/mol. The Bertz CT molecular complexity index is 796. The van der Waals surface area contributed by atoms with Crippen LogP contribution in [0.2, 0.25) is 0 Å². The molecule has 1 heterocycles. The number of benzene rings is 2. The van der Waals surface area contributed by atoms with E-state index in [1.54, 1.807) is 4.90 Å².